The first-order valence-electron chi connectivity index (χ1n) is 9.26. The molecule has 1 N–H and O–H groups in total. The number of anilines is 3. The second-order valence-corrected chi connectivity index (χ2v) is 8.82. The highest BCUT2D eigenvalue weighted by atomic mass is 79.9. The molecule has 0 aliphatic carbocycles. The van der Waals surface area contributed by atoms with E-state index in [1.807, 2.05) is 4.90 Å². The number of piperidine rings is 1. The third kappa shape index (κ3) is 4.25. The summed E-state index contributed by atoms with van der Waals surface area (Å²) in [6.45, 7) is 1.78. The summed E-state index contributed by atoms with van der Waals surface area (Å²) >= 11 is 4.42. The van der Waals surface area contributed by atoms with Gasteiger partial charge in [-0.15, -0.1) is 10.2 Å². The molecule has 1 aromatic heterocycles. The van der Waals surface area contributed by atoms with Gasteiger partial charge in [0.15, 0.2) is 5.82 Å². The van der Waals surface area contributed by atoms with Crippen molar-refractivity contribution < 1.29 is 18.4 Å². The maximum absolute atomic E-state index is 14.0. The molecule has 0 saturated carbocycles. The summed E-state index contributed by atoms with van der Waals surface area (Å²) in [5, 5.41) is 12.1. The summed E-state index contributed by atoms with van der Waals surface area (Å²) < 4.78 is 27.4. The summed E-state index contributed by atoms with van der Waals surface area (Å²) in [5.74, 6) is -2.21. The molecule has 2 saturated heterocycles. The number of nitrogens with zero attached hydrogens (tertiary/aromatic N) is 4. The Labute approximate surface area is 178 Å². The van der Waals surface area contributed by atoms with Crippen LogP contribution in [0.1, 0.15) is 25.7 Å². The number of hydrogen-bond acceptors (Lipinski definition) is 6. The van der Waals surface area contributed by atoms with E-state index in [9.17, 15) is 18.4 Å². The van der Waals surface area contributed by atoms with Gasteiger partial charge in [-0.3, -0.25) is 14.5 Å². The summed E-state index contributed by atoms with van der Waals surface area (Å²) in [7, 11) is 0. The number of benzene rings is 1. The molecule has 29 heavy (non-hydrogen) atoms. The lowest BCUT2D eigenvalue weighted by Crippen LogP contribution is -2.40. The highest BCUT2D eigenvalue weighted by Crippen LogP contribution is 2.33. The van der Waals surface area contributed by atoms with Crippen LogP contribution in [0.4, 0.5) is 24.7 Å². The van der Waals surface area contributed by atoms with E-state index in [1.54, 1.807) is 4.90 Å². The highest BCUT2D eigenvalue weighted by molar-refractivity contribution is 9.10. The van der Waals surface area contributed by atoms with Gasteiger partial charge in [-0.05, 0) is 41.3 Å². The zero-order valence-corrected chi connectivity index (χ0v) is 17.7. The van der Waals surface area contributed by atoms with Crippen molar-refractivity contribution in [3.63, 3.8) is 0 Å². The van der Waals surface area contributed by atoms with E-state index in [4.69, 9.17) is 0 Å². The number of carbonyl (C=O) groups excluding carboxylic acids is 2. The monoisotopic (exact) mass is 485 g/mol. The average Bonchev–Trinajstić information content (AvgIpc) is 3.33. The number of hydrogen-bond donors (Lipinski definition) is 1. The standard InChI is InChI=1S/C18H18BrF2N5O2S/c19-12-7-11(20)8-13(21)15(12)22-16(28)10-3-1-5-25(9-10)17-23-24-18(29-17)26-6-2-4-14(26)27/h7-8,10H,1-6,9H2,(H,22,28)/t10-/m1/s1. The van der Waals surface area contributed by atoms with Crippen LogP contribution in [0, 0.1) is 17.6 Å². The molecule has 0 bridgehead atoms. The molecule has 1 aromatic carbocycles. The predicted molar refractivity (Wildman–Crippen MR) is 109 cm³/mol. The molecule has 11 heteroatoms. The maximum Gasteiger partial charge on any atom is 0.229 e. The Morgan fingerprint density at radius 1 is 1.21 bits per heavy atom. The minimum Gasteiger partial charge on any atom is -0.346 e. The molecular formula is C18H18BrF2N5O2S. The Hall–Kier alpha value is -2.14. The van der Waals surface area contributed by atoms with Crippen molar-refractivity contribution in [3.05, 3.63) is 28.2 Å². The molecule has 2 aromatic rings. The smallest absolute Gasteiger partial charge is 0.229 e. The Balaban J connectivity index is 1.44. The lowest BCUT2D eigenvalue weighted by molar-refractivity contribution is -0.120. The Bertz CT molecular complexity index is 933. The normalized spacial score (nSPS) is 19.7. The van der Waals surface area contributed by atoms with Crippen LogP contribution in [-0.2, 0) is 9.59 Å². The van der Waals surface area contributed by atoms with Gasteiger partial charge in [0, 0.05) is 36.6 Å². The van der Waals surface area contributed by atoms with Gasteiger partial charge in [0.25, 0.3) is 0 Å². The lowest BCUT2D eigenvalue weighted by atomic mass is 9.97. The van der Waals surface area contributed by atoms with Crippen LogP contribution in [0.25, 0.3) is 0 Å². The molecule has 7 nitrogen and oxygen atoms in total. The largest absolute Gasteiger partial charge is 0.346 e. The molecule has 0 spiro atoms. The number of aromatic nitrogens is 2. The van der Waals surface area contributed by atoms with Crippen LogP contribution >= 0.6 is 27.3 Å². The van der Waals surface area contributed by atoms with E-state index in [1.165, 1.54) is 11.3 Å². The fourth-order valence-corrected chi connectivity index (χ4v) is 4.98. The second kappa shape index (κ2) is 8.31. The van der Waals surface area contributed by atoms with E-state index in [0.29, 0.717) is 36.2 Å². The molecule has 3 heterocycles. The Morgan fingerprint density at radius 2 is 2.00 bits per heavy atom. The number of halogens is 3. The van der Waals surface area contributed by atoms with Crippen LogP contribution < -0.4 is 15.1 Å². The van der Waals surface area contributed by atoms with Gasteiger partial charge in [0.2, 0.25) is 22.1 Å². The van der Waals surface area contributed by atoms with Crippen molar-refractivity contribution in [1.29, 1.82) is 0 Å². The first-order valence-corrected chi connectivity index (χ1v) is 10.9. The minimum atomic E-state index is -0.832. The Kier molecular flexibility index (Phi) is 5.77. The molecule has 0 radical (unpaired) electrons. The van der Waals surface area contributed by atoms with Gasteiger partial charge < -0.3 is 10.2 Å². The predicted octanol–water partition coefficient (Wildman–Crippen LogP) is 3.56. The molecule has 0 unspecified atom stereocenters. The van der Waals surface area contributed by atoms with E-state index in [-0.39, 0.29) is 27.9 Å². The van der Waals surface area contributed by atoms with Crippen molar-refractivity contribution in [2.75, 3.05) is 34.8 Å². The highest BCUT2D eigenvalue weighted by Gasteiger charge is 2.30. The van der Waals surface area contributed by atoms with Crippen LogP contribution in [0.15, 0.2) is 16.6 Å². The fourth-order valence-electron chi connectivity index (χ4n) is 3.55. The van der Waals surface area contributed by atoms with E-state index in [0.717, 1.165) is 31.5 Å². The topological polar surface area (TPSA) is 78.4 Å². The van der Waals surface area contributed by atoms with Gasteiger partial charge in [-0.25, -0.2) is 8.78 Å². The van der Waals surface area contributed by atoms with Crippen molar-refractivity contribution in [2.45, 2.75) is 25.7 Å². The third-order valence-corrected chi connectivity index (χ3v) is 6.66. The van der Waals surface area contributed by atoms with Crippen LogP contribution in [0.2, 0.25) is 0 Å². The number of amides is 2. The van der Waals surface area contributed by atoms with Gasteiger partial charge in [0.05, 0.1) is 11.6 Å². The molecule has 154 valence electrons. The summed E-state index contributed by atoms with van der Waals surface area (Å²) in [6, 6.07) is 1.84. The van der Waals surface area contributed by atoms with E-state index >= 15 is 0 Å². The van der Waals surface area contributed by atoms with Gasteiger partial charge in [-0.1, -0.05) is 11.3 Å². The molecule has 4 rings (SSSR count). The zero-order valence-electron chi connectivity index (χ0n) is 15.3. The van der Waals surface area contributed by atoms with Crippen molar-refractivity contribution in [1.82, 2.24) is 10.2 Å². The van der Waals surface area contributed by atoms with Crippen molar-refractivity contribution in [2.24, 2.45) is 5.92 Å². The van der Waals surface area contributed by atoms with Crippen LogP contribution in [0.3, 0.4) is 0 Å². The minimum absolute atomic E-state index is 0.0514. The quantitative estimate of drug-likeness (QED) is 0.716. The maximum atomic E-state index is 14.0. The lowest BCUT2D eigenvalue weighted by Gasteiger charge is -2.31. The van der Waals surface area contributed by atoms with E-state index in [2.05, 4.69) is 31.4 Å². The third-order valence-electron chi connectivity index (χ3n) is 5.03. The molecule has 2 aliphatic rings. The first-order chi connectivity index (χ1) is 13.9. The molecular weight excluding hydrogens is 468 g/mol. The molecule has 2 aliphatic heterocycles. The summed E-state index contributed by atoms with van der Waals surface area (Å²) in [6.07, 6.45) is 2.76. The number of carbonyl (C=O) groups is 2. The van der Waals surface area contributed by atoms with Crippen LogP contribution in [-0.4, -0.2) is 41.6 Å². The number of rotatable bonds is 4. The summed E-state index contributed by atoms with van der Waals surface area (Å²) in [4.78, 5) is 28.2. The summed E-state index contributed by atoms with van der Waals surface area (Å²) in [5.41, 5.74) is -0.0701. The van der Waals surface area contributed by atoms with Gasteiger partial charge in [0.1, 0.15) is 5.82 Å². The zero-order chi connectivity index (χ0) is 20.5. The molecule has 2 amide bonds. The average molecular weight is 486 g/mol. The fraction of sp³-hybridized carbons (Fsp3) is 0.444. The first kappa shape index (κ1) is 20.1. The molecule has 2 fully saturated rings. The van der Waals surface area contributed by atoms with E-state index < -0.39 is 11.6 Å². The van der Waals surface area contributed by atoms with Crippen molar-refractivity contribution in [3.8, 4) is 0 Å². The molecule has 1 atom stereocenters. The number of nitrogens with one attached hydrogen (secondary N) is 1. The van der Waals surface area contributed by atoms with Crippen LogP contribution in [0.5, 0.6) is 0 Å². The Morgan fingerprint density at radius 3 is 2.72 bits per heavy atom. The van der Waals surface area contributed by atoms with Crippen molar-refractivity contribution >= 4 is 55.0 Å². The van der Waals surface area contributed by atoms with Gasteiger partial charge in [-0.2, -0.15) is 0 Å². The second-order valence-electron chi connectivity index (χ2n) is 7.03. The van der Waals surface area contributed by atoms with Gasteiger partial charge >= 0.3 is 0 Å². The SMILES string of the molecule is O=C(Nc1c(F)cc(F)cc1Br)[C@@H]1CCCN(c2nnc(N3CCCC3=O)s2)C1.